The zero-order chi connectivity index (χ0) is 14.5. The van der Waals surface area contributed by atoms with Gasteiger partial charge in [0.05, 0.1) is 0 Å². The van der Waals surface area contributed by atoms with Crippen molar-refractivity contribution in [1.29, 1.82) is 0 Å². The molecular weight excluding hydrogens is 255 g/mol. The number of anilines is 1. The number of carbonyl (C=O) groups is 1. The lowest BCUT2D eigenvalue weighted by molar-refractivity contribution is 0.0950. The summed E-state index contributed by atoms with van der Waals surface area (Å²) in [6.07, 6.45) is 0. The molecule has 104 valence electrons. The van der Waals surface area contributed by atoms with E-state index in [1.165, 1.54) is 18.2 Å². The zero-order valence-electron chi connectivity index (χ0n) is 11.6. The summed E-state index contributed by atoms with van der Waals surface area (Å²) >= 11 is 0. The fourth-order valence-electron chi connectivity index (χ4n) is 2.00. The molecule has 0 aliphatic heterocycles. The Morgan fingerprint density at radius 3 is 2.60 bits per heavy atom. The molecule has 2 aromatic carbocycles. The van der Waals surface area contributed by atoms with Crippen molar-refractivity contribution in [1.82, 2.24) is 5.32 Å². The van der Waals surface area contributed by atoms with Gasteiger partial charge in [0.1, 0.15) is 5.82 Å². The lowest BCUT2D eigenvalue weighted by atomic mass is 10.1. The summed E-state index contributed by atoms with van der Waals surface area (Å²) in [6.45, 7) is 0.406. The van der Waals surface area contributed by atoms with Crippen molar-refractivity contribution in [3.63, 3.8) is 0 Å². The highest BCUT2D eigenvalue weighted by molar-refractivity contribution is 5.94. The van der Waals surface area contributed by atoms with E-state index in [0.717, 1.165) is 11.3 Å². The third-order valence-corrected chi connectivity index (χ3v) is 3.00. The molecule has 0 saturated carbocycles. The molecule has 0 aliphatic rings. The van der Waals surface area contributed by atoms with Gasteiger partial charge in [-0.25, -0.2) is 4.39 Å². The van der Waals surface area contributed by atoms with Gasteiger partial charge in [0.2, 0.25) is 0 Å². The van der Waals surface area contributed by atoms with Gasteiger partial charge in [-0.05, 0) is 29.8 Å². The number of para-hydroxylation sites is 1. The quantitative estimate of drug-likeness (QED) is 0.928. The normalized spacial score (nSPS) is 10.2. The average Bonchev–Trinajstić information content (AvgIpc) is 2.45. The van der Waals surface area contributed by atoms with Crippen LogP contribution in [-0.2, 0) is 6.54 Å². The lowest BCUT2D eigenvalue weighted by Crippen LogP contribution is -2.24. The van der Waals surface area contributed by atoms with Crippen molar-refractivity contribution in [2.24, 2.45) is 0 Å². The Balaban J connectivity index is 2.07. The maximum atomic E-state index is 13.1. The van der Waals surface area contributed by atoms with Crippen LogP contribution in [0.15, 0.2) is 48.5 Å². The van der Waals surface area contributed by atoms with Gasteiger partial charge in [0, 0.05) is 31.9 Å². The first-order valence-corrected chi connectivity index (χ1v) is 6.37. The molecule has 0 unspecified atom stereocenters. The molecule has 0 heterocycles. The number of nitrogens with one attached hydrogen (secondary N) is 1. The maximum Gasteiger partial charge on any atom is 0.251 e. The number of amides is 1. The van der Waals surface area contributed by atoms with Crippen LogP contribution >= 0.6 is 0 Å². The summed E-state index contributed by atoms with van der Waals surface area (Å²) < 4.78 is 13.1. The van der Waals surface area contributed by atoms with E-state index in [1.807, 2.05) is 43.3 Å². The summed E-state index contributed by atoms with van der Waals surface area (Å²) in [5.74, 6) is -0.690. The van der Waals surface area contributed by atoms with Crippen LogP contribution in [-0.4, -0.2) is 20.0 Å². The summed E-state index contributed by atoms with van der Waals surface area (Å²) in [4.78, 5) is 13.9. The van der Waals surface area contributed by atoms with Gasteiger partial charge in [0.25, 0.3) is 5.91 Å². The highest BCUT2D eigenvalue weighted by atomic mass is 19.1. The lowest BCUT2D eigenvalue weighted by Gasteiger charge is -2.17. The first-order chi connectivity index (χ1) is 9.58. The molecule has 0 fully saturated rings. The van der Waals surface area contributed by atoms with Crippen LogP contribution in [0, 0.1) is 5.82 Å². The Hall–Kier alpha value is -2.36. The van der Waals surface area contributed by atoms with Gasteiger partial charge in [-0.3, -0.25) is 4.79 Å². The molecule has 4 heteroatoms. The molecule has 0 aromatic heterocycles. The van der Waals surface area contributed by atoms with Gasteiger partial charge < -0.3 is 10.2 Å². The first-order valence-electron chi connectivity index (χ1n) is 6.37. The van der Waals surface area contributed by atoms with Crippen LogP contribution in [0.1, 0.15) is 15.9 Å². The van der Waals surface area contributed by atoms with Crippen molar-refractivity contribution in [2.75, 3.05) is 19.0 Å². The number of carbonyl (C=O) groups excluding carboxylic acids is 1. The topological polar surface area (TPSA) is 32.3 Å². The second-order valence-corrected chi connectivity index (χ2v) is 4.72. The fraction of sp³-hybridized carbons (Fsp3) is 0.188. The van der Waals surface area contributed by atoms with Crippen molar-refractivity contribution in [3.05, 3.63) is 65.5 Å². The number of halogens is 1. The first kappa shape index (κ1) is 14.1. The van der Waals surface area contributed by atoms with Crippen LogP contribution in [0.3, 0.4) is 0 Å². The maximum absolute atomic E-state index is 13.1. The number of hydrogen-bond acceptors (Lipinski definition) is 2. The van der Waals surface area contributed by atoms with Gasteiger partial charge in [0.15, 0.2) is 0 Å². The monoisotopic (exact) mass is 272 g/mol. The van der Waals surface area contributed by atoms with Gasteiger partial charge >= 0.3 is 0 Å². The molecule has 2 aromatic rings. The molecule has 1 amide bonds. The minimum Gasteiger partial charge on any atom is -0.377 e. The highest BCUT2D eigenvalue weighted by Crippen LogP contribution is 2.17. The summed E-state index contributed by atoms with van der Waals surface area (Å²) in [7, 11) is 3.90. The Labute approximate surface area is 118 Å². The van der Waals surface area contributed by atoms with E-state index in [4.69, 9.17) is 0 Å². The minimum atomic E-state index is -0.411. The molecule has 0 atom stereocenters. The van der Waals surface area contributed by atoms with Crippen LogP contribution in [0.4, 0.5) is 10.1 Å². The van der Waals surface area contributed by atoms with E-state index in [-0.39, 0.29) is 5.91 Å². The largest absolute Gasteiger partial charge is 0.377 e. The average molecular weight is 272 g/mol. The molecule has 0 bridgehead atoms. The predicted molar refractivity (Wildman–Crippen MR) is 78.3 cm³/mol. The Bertz CT molecular complexity index is 611. The third kappa shape index (κ3) is 3.35. The number of nitrogens with zero attached hydrogens (tertiary/aromatic N) is 1. The van der Waals surface area contributed by atoms with Gasteiger partial charge in [-0.15, -0.1) is 0 Å². The zero-order valence-corrected chi connectivity index (χ0v) is 11.6. The SMILES string of the molecule is CN(C)c1ccccc1CNC(=O)c1cccc(F)c1. The second kappa shape index (κ2) is 6.19. The number of hydrogen-bond donors (Lipinski definition) is 1. The summed E-state index contributed by atoms with van der Waals surface area (Å²) in [5.41, 5.74) is 2.39. The van der Waals surface area contributed by atoms with E-state index >= 15 is 0 Å². The predicted octanol–water partition coefficient (Wildman–Crippen LogP) is 2.82. The number of rotatable bonds is 4. The molecule has 0 spiro atoms. The Morgan fingerprint density at radius 1 is 1.15 bits per heavy atom. The van der Waals surface area contributed by atoms with Crippen LogP contribution in [0.5, 0.6) is 0 Å². The molecule has 1 N–H and O–H groups in total. The second-order valence-electron chi connectivity index (χ2n) is 4.72. The minimum absolute atomic E-state index is 0.280. The van der Waals surface area contributed by atoms with Crippen LogP contribution < -0.4 is 10.2 Å². The molecule has 20 heavy (non-hydrogen) atoms. The highest BCUT2D eigenvalue weighted by Gasteiger charge is 2.08. The third-order valence-electron chi connectivity index (χ3n) is 3.00. The van der Waals surface area contributed by atoms with Crippen molar-refractivity contribution in [3.8, 4) is 0 Å². The summed E-state index contributed by atoms with van der Waals surface area (Å²) in [6, 6.07) is 13.5. The smallest absolute Gasteiger partial charge is 0.251 e. The van der Waals surface area contributed by atoms with Gasteiger partial charge in [-0.2, -0.15) is 0 Å². The molecule has 0 aliphatic carbocycles. The van der Waals surface area contributed by atoms with E-state index in [2.05, 4.69) is 5.32 Å². The Kier molecular flexibility index (Phi) is 4.35. The fourth-order valence-corrected chi connectivity index (χ4v) is 2.00. The van der Waals surface area contributed by atoms with Crippen LogP contribution in [0.2, 0.25) is 0 Å². The summed E-state index contributed by atoms with van der Waals surface area (Å²) in [5, 5.41) is 2.81. The molecule has 3 nitrogen and oxygen atoms in total. The van der Waals surface area contributed by atoms with Crippen molar-refractivity contribution < 1.29 is 9.18 Å². The van der Waals surface area contributed by atoms with Crippen molar-refractivity contribution >= 4 is 11.6 Å². The van der Waals surface area contributed by atoms with E-state index in [9.17, 15) is 9.18 Å². The molecular formula is C16H17FN2O. The number of benzene rings is 2. The van der Waals surface area contributed by atoms with E-state index in [0.29, 0.717) is 12.1 Å². The van der Waals surface area contributed by atoms with E-state index in [1.54, 1.807) is 6.07 Å². The molecule has 0 radical (unpaired) electrons. The standard InChI is InChI=1S/C16H17FN2O/c1-19(2)15-9-4-3-6-13(15)11-18-16(20)12-7-5-8-14(17)10-12/h3-10H,11H2,1-2H3,(H,18,20). The van der Waals surface area contributed by atoms with Gasteiger partial charge in [-0.1, -0.05) is 24.3 Å². The van der Waals surface area contributed by atoms with Crippen LogP contribution in [0.25, 0.3) is 0 Å². The Morgan fingerprint density at radius 2 is 1.90 bits per heavy atom. The van der Waals surface area contributed by atoms with Crippen molar-refractivity contribution in [2.45, 2.75) is 6.54 Å². The van der Waals surface area contributed by atoms with E-state index < -0.39 is 5.82 Å². The molecule has 2 rings (SSSR count). The molecule has 0 saturated heterocycles.